The van der Waals surface area contributed by atoms with Crippen molar-refractivity contribution in [2.75, 3.05) is 21.3 Å². The van der Waals surface area contributed by atoms with Gasteiger partial charge in [-0.3, -0.25) is 0 Å². The zero-order chi connectivity index (χ0) is 15.4. The summed E-state index contributed by atoms with van der Waals surface area (Å²) < 4.78 is 23.6. The number of methoxy groups -OCH3 is 2. The third-order valence-electron chi connectivity index (χ3n) is 3.31. The fraction of sp³-hybridized carbons (Fsp3) is 0.250. The average molecular weight is 310 g/mol. The highest BCUT2D eigenvalue weighted by atomic mass is 35.5. The van der Waals surface area contributed by atoms with Crippen molar-refractivity contribution in [3.05, 3.63) is 58.4 Å². The van der Waals surface area contributed by atoms with E-state index in [1.165, 1.54) is 12.1 Å². The highest BCUT2D eigenvalue weighted by molar-refractivity contribution is 6.31. The van der Waals surface area contributed by atoms with Crippen LogP contribution in [0.3, 0.4) is 0 Å². The lowest BCUT2D eigenvalue weighted by Gasteiger charge is -2.20. The summed E-state index contributed by atoms with van der Waals surface area (Å²) in [7, 11) is 4.95. The number of halogens is 2. The van der Waals surface area contributed by atoms with E-state index < -0.39 is 0 Å². The monoisotopic (exact) mass is 309 g/mol. The Kier molecular flexibility index (Phi) is 5.04. The second-order valence-corrected chi connectivity index (χ2v) is 4.91. The molecule has 0 aromatic heterocycles. The van der Waals surface area contributed by atoms with Crippen molar-refractivity contribution in [1.82, 2.24) is 5.32 Å². The molecule has 112 valence electrons. The highest BCUT2D eigenvalue weighted by Crippen LogP contribution is 2.37. The van der Waals surface area contributed by atoms with Crippen LogP contribution in [0, 0.1) is 5.82 Å². The number of hydrogen-bond donors (Lipinski definition) is 1. The van der Waals surface area contributed by atoms with E-state index in [4.69, 9.17) is 21.1 Å². The summed E-state index contributed by atoms with van der Waals surface area (Å²) in [6.07, 6.45) is 0. The number of benzene rings is 2. The normalized spacial score (nSPS) is 12.0. The van der Waals surface area contributed by atoms with Gasteiger partial charge in [-0.25, -0.2) is 4.39 Å². The van der Waals surface area contributed by atoms with Crippen molar-refractivity contribution in [3.8, 4) is 11.5 Å². The Balaban J connectivity index is 2.49. The van der Waals surface area contributed by atoms with Crippen LogP contribution in [-0.2, 0) is 0 Å². The van der Waals surface area contributed by atoms with Gasteiger partial charge in [0.05, 0.1) is 20.3 Å². The molecule has 0 spiro atoms. The van der Waals surface area contributed by atoms with Crippen molar-refractivity contribution in [3.63, 3.8) is 0 Å². The van der Waals surface area contributed by atoms with Crippen LogP contribution in [-0.4, -0.2) is 21.3 Å². The summed E-state index contributed by atoms with van der Waals surface area (Å²) >= 11 is 6.34. The van der Waals surface area contributed by atoms with Gasteiger partial charge in [0.15, 0.2) is 11.5 Å². The van der Waals surface area contributed by atoms with Crippen molar-refractivity contribution in [1.29, 1.82) is 0 Å². The van der Waals surface area contributed by atoms with E-state index in [1.54, 1.807) is 32.4 Å². The molecule has 3 nitrogen and oxygen atoms in total. The molecular formula is C16H17ClFNO2. The summed E-state index contributed by atoms with van der Waals surface area (Å²) in [5.74, 6) is 0.895. The third-order valence-corrected chi connectivity index (χ3v) is 3.63. The van der Waals surface area contributed by atoms with E-state index in [-0.39, 0.29) is 11.9 Å². The lowest BCUT2D eigenvalue weighted by atomic mass is 9.98. The van der Waals surface area contributed by atoms with Gasteiger partial charge in [-0.05, 0) is 36.4 Å². The lowest BCUT2D eigenvalue weighted by Crippen LogP contribution is -2.18. The van der Waals surface area contributed by atoms with Crippen molar-refractivity contribution >= 4 is 11.6 Å². The van der Waals surface area contributed by atoms with Gasteiger partial charge in [0.1, 0.15) is 5.82 Å². The zero-order valence-corrected chi connectivity index (χ0v) is 12.9. The van der Waals surface area contributed by atoms with Crippen molar-refractivity contribution in [2.24, 2.45) is 0 Å². The molecule has 21 heavy (non-hydrogen) atoms. The minimum Gasteiger partial charge on any atom is -0.493 e. The van der Waals surface area contributed by atoms with E-state index in [2.05, 4.69) is 5.32 Å². The molecule has 5 heteroatoms. The summed E-state index contributed by atoms with van der Waals surface area (Å²) in [5, 5.41) is 3.73. The molecule has 0 radical (unpaired) electrons. The number of ether oxygens (including phenoxy) is 2. The minimum atomic E-state index is -0.271. The van der Waals surface area contributed by atoms with Crippen LogP contribution in [0.2, 0.25) is 5.02 Å². The first kappa shape index (κ1) is 15.6. The van der Waals surface area contributed by atoms with Crippen molar-refractivity contribution < 1.29 is 13.9 Å². The van der Waals surface area contributed by atoms with E-state index >= 15 is 0 Å². The first-order valence-corrected chi connectivity index (χ1v) is 6.82. The van der Waals surface area contributed by atoms with Gasteiger partial charge in [0.25, 0.3) is 0 Å². The molecule has 0 amide bonds. The maximum absolute atomic E-state index is 13.1. The fourth-order valence-corrected chi connectivity index (χ4v) is 2.51. The smallest absolute Gasteiger partial charge is 0.162 e. The average Bonchev–Trinajstić information content (AvgIpc) is 2.50. The van der Waals surface area contributed by atoms with Crippen LogP contribution in [0.15, 0.2) is 36.4 Å². The largest absolute Gasteiger partial charge is 0.493 e. The molecule has 0 aliphatic carbocycles. The van der Waals surface area contributed by atoms with E-state index in [1.807, 2.05) is 13.1 Å². The van der Waals surface area contributed by atoms with Crippen LogP contribution in [0.25, 0.3) is 0 Å². The predicted octanol–water partition coefficient (Wildman–Crippen LogP) is 3.81. The lowest BCUT2D eigenvalue weighted by molar-refractivity contribution is 0.354. The second kappa shape index (κ2) is 6.78. The van der Waals surface area contributed by atoms with E-state index in [0.29, 0.717) is 16.5 Å². The standard InChI is InChI=1S/C16H17ClFNO2/c1-19-16(10-4-6-11(18)7-5-10)12-8-14(20-2)15(21-3)9-13(12)17/h4-9,16,19H,1-3H3. The summed E-state index contributed by atoms with van der Waals surface area (Å²) in [4.78, 5) is 0. The fourth-order valence-electron chi connectivity index (χ4n) is 2.25. The summed E-state index contributed by atoms with van der Waals surface area (Å²) in [5.41, 5.74) is 1.75. The van der Waals surface area contributed by atoms with Crippen LogP contribution < -0.4 is 14.8 Å². The van der Waals surface area contributed by atoms with Crippen LogP contribution in [0.1, 0.15) is 17.2 Å². The topological polar surface area (TPSA) is 30.5 Å². The molecule has 2 aromatic rings. The molecule has 2 rings (SSSR count). The molecule has 0 saturated carbocycles. The Hall–Kier alpha value is -1.78. The van der Waals surface area contributed by atoms with Crippen LogP contribution >= 0.6 is 11.6 Å². The molecule has 0 aliphatic rings. The number of rotatable bonds is 5. The molecule has 1 unspecified atom stereocenters. The van der Waals surface area contributed by atoms with Gasteiger partial charge in [0, 0.05) is 11.1 Å². The number of hydrogen-bond acceptors (Lipinski definition) is 3. The van der Waals surface area contributed by atoms with Gasteiger partial charge in [-0.15, -0.1) is 0 Å². The maximum Gasteiger partial charge on any atom is 0.162 e. The molecule has 1 atom stereocenters. The van der Waals surface area contributed by atoms with Crippen molar-refractivity contribution in [2.45, 2.75) is 6.04 Å². The molecule has 0 aliphatic heterocycles. The molecule has 1 N–H and O–H groups in total. The first-order chi connectivity index (χ1) is 10.1. The highest BCUT2D eigenvalue weighted by Gasteiger charge is 2.18. The maximum atomic E-state index is 13.1. The molecule has 2 aromatic carbocycles. The minimum absolute atomic E-state index is 0.169. The van der Waals surface area contributed by atoms with Gasteiger partial charge in [-0.1, -0.05) is 23.7 Å². The molecule has 0 saturated heterocycles. The SMILES string of the molecule is CNC(c1ccc(F)cc1)c1cc(OC)c(OC)cc1Cl. The summed E-state index contributed by atoms with van der Waals surface area (Å²) in [6.45, 7) is 0. The van der Waals surface area contributed by atoms with Gasteiger partial charge in [0.2, 0.25) is 0 Å². The molecule has 0 fully saturated rings. The third kappa shape index (κ3) is 3.28. The number of nitrogens with one attached hydrogen (secondary N) is 1. The van der Waals surface area contributed by atoms with E-state index in [0.717, 1.165) is 11.1 Å². The Morgan fingerprint density at radius 1 is 1.05 bits per heavy atom. The molecular weight excluding hydrogens is 293 g/mol. The van der Waals surface area contributed by atoms with Crippen LogP contribution in [0.4, 0.5) is 4.39 Å². The molecule has 0 bridgehead atoms. The van der Waals surface area contributed by atoms with Crippen LogP contribution in [0.5, 0.6) is 11.5 Å². The Labute approximate surface area is 128 Å². The van der Waals surface area contributed by atoms with Gasteiger partial charge >= 0.3 is 0 Å². The zero-order valence-electron chi connectivity index (χ0n) is 12.1. The quantitative estimate of drug-likeness (QED) is 0.911. The second-order valence-electron chi connectivity index (χ2n) is 4.50. The van der Waals surface area contributed by atoms with Gasteiger partial charge in [-0.2, -0.15) is 0 Å². The summed E-state index contributed by atoms with van der Waals surface area (Å²) in [6, 6.07) is 9.67. The predicted molar refractivity (Wildman–Crippen MR) is 81.9 cm³/mol. The Bertz CT molecular complexity index is 616. The van der Waals surface area contributed by atoms with Gasteiger partial charge < -0.3 is 14.8 Å². The first-order valence-electron chi connectivity index (χ1n) is 6.44. The van der Waals surface area contributed by atoms with E-state index in [9.17, 15) is 4.39 Å². The Morgan fingerprint density at radius 2 is 1.62 bits per heavy atom. The molecule has 0 heterocycles. The Morgan fingerprint density at radius 3 is 2.14 bits per heavy atom.